The van der Waals surface area contributed by atoms with E-state index >= 15 is 0 Å². The van der Waals surface area contributed by atoms with Crippen LogP contribution in [0.25, 0.3) is 0 Å². The van der Waals surface area contributed by atoms with E-state index in [0.717, 1.165) is 35.1 Å². The van der Waals surface area contributed by atoms with Gasteiger partial charge < -0.3 is 5.32 Å². The predicted molar refractivity (Wildman–Crippen MR) is 95.2 cm³/mol. The number of halogens is 1. The first kappa shape index (κ1) is 17.7. The molecule has 0 saturated heterocycles. The van der Waals surface area contributed by atoms with Crippen molar-refractivity contribution >= 4 is 39.1 Å². The summed E-state index contributed by atoms with van der Waals surface area (Å²) >= 11 is 3.34. The Labute approximate surface area is 145 Å². The number of anilines is 1. The fourth-order valence-electron chi connectivity index (χ4n) is 2.51. The SMILES string of the molecule is CC1CCCCC1=NNC(=O)CCC(=O)Nc1ccc(Br)cc1. The van der Waals surface area contributed by atoms with Gasteiger partial charge in [0.2, 0.25) is 11.8 Å². The molecule has 23 heavy (non-hydrogen) atoms. The van der Waals surface area contributed by atoms with Gasteiger partial charge in [0.15, 0.2) is 0 Å². The van der Waals surface area contributed by atoms with Crippen LogP contribution in [0.15, 0.2) is 33.8 Å². The molecule has 0 bridgehead atoms. The molecule has 0 aromatic heterocycles. The summed E-state index contributed by atoms with van der Waals surface area (Å²) in [6.07, 6.45) is 4.71. The van der Waals surface area contributed by atoms with E-state index in [1.807, 2.05) is 12.1 Å². The van der Waals surface area contributed by atoms with Crippen LogP contribution < -0.4 is 10.7 Å². The summed E-state index contributed by atoms with van der Waals surface area (Å²) in [6, 6.07) is 7.31. The number of amides is 2. The molecule has 124 valence electrons. The van der Waals surface area contributed by atoms with Crippen LogP contribution in [-0.2, 0) is 9.59 Å². The van der Waals surface area contributed by atoms with Gasteiger partial charge in [-0.05, 0) is 49.4 Å². The second kappa shape index (κ2) is 8.82. The second-order valence-electron chi connectivity index (χ2n) is 5.84. The molecule has 1 aliphatic rings. The van der Waals surface area contributed by atoms with E-state index in [1.54, 1.807) is 12.1 Å². The van der Waals surface area contributed by atoms with Crippen LogP contribution in [0.4, 0.5) is 5.69 Å². The zero-order chi connectivity index (χ0) is 16.7. The molecule has 1 saturated carbocycles. The van der Waals surface area contributed by atoms with Gasteiger partial charge in [0.25, 0.3) is 0 Å². The minimum absolute atomic E-state index is 0.132. The topological polar surface area (TPSA) is 70.6 Å². The highest BCUT2D eigenvalue weighted by molar-refractivity contribution is 9.10. The molecule has 1 atom stereocenters. The van der Waals surface area contributed by atoms with Crippen molar-refractivity contribution in [3.63, 3.8) is 0 Å². The summed E-state index contributed by atoms with van der Waals surface area (Å²) in [7, 11) is 0. The molecule has 1 aliphatic carbocycles. The first-order valence-electron chi connectivity index (χ1n) is 7.95. The molecular weight excluding hydrogens is 358 g/mol. The predicted octanol–water partition coefficient (Wildman–Crippen LogP) is 3.85. The average molecular weight is 380 g/mol. The summed E-state index contributed by atoms with van der Waals surface area (Å²) in [5.41, 5.74) is 4.35. The molecular formula is C17H22BrN3O2. The fourth-order valence-corrected chi connectivity index (χ4v) is 2.77. The molecule has 2 rings (SSSR count). The average Bonchev–Trinajstić information content (AvgIpc) is 2.54. The Morgan fingerprint density at radius 1 is 1.17 bits per heavy atom. The van der Waals surface area contributed by atoms with E-state index in [0.29, 0.717) is 5.92 Å². The van der Waals surface area contributed by atoms with Gasteiger partial charge in [0.05, 0.1) is 0 Å². The maximum Gasteiger partial charge on any atom is 0.240 e. The largest absolute Gasteiger partial charge is 0.326 e. The van der Waals surface area contributed by atoms with Crippen LogP contribution in [0.3, 0.4) is 0 Å². The van der Waals surface area contributed by atoms with Crippen molar-refractivity contribution in [3.8, 4) is 0 Å². The smallest absolute Gasteiger partial charge is 0.240 e. The summed E-state index contributed by atoms with van der Waals surface area (Å²) < 4.78 is 0.950. The monoisotopic (exact) mass is 379 g/mol. The van der Waals surface area contributed by atoms with Crippen LogP contribution in [0.5, 0.6) is 0 Å². The first-order valence-corrected chi connectivity index (χ1v) is 8.74. The molecule has 0 radical (unpaired) electrons. The van der Waals surface area contributed by atoms with Crippen molar-refractivity contribution in [2.45, 2.75) is 45.4 Å². The highest BCUT2D eigenvalue weighted by Gasteiger charge is 2.16. The molecule has 0 heterocycles. The molecule has 1 fully saturated rings. The Morgan fingerprint density at radius 2 is 1.87 bits per heavy atom. The van der Waals surface area contributed by atoms with Gasteiger partial charge in [-0.3, -0.25) is 9.59 Å². The summed E-state index contributed by atoms with van der Waals surface area (Å²) in [6.45, 7) is 2.13. The third kappa shape index (κ3) is 6.14. The Morgan fingerprint density at radius 3 is 2.57 bits per heavy atom. The minimum atomic E-state index is -0.221. The van der Waals surface area contributed by atoms with Crippen molar-refractivity contribution in [1.82, 2.24) is 5.43 Å². The molecule has 2 N–H and O–H groups in total. The van der Waals surface area contributed by atoms with Crippen LogP contribution in [0.1, 0.15) is 45.4 Å². The lowest BCUT2D eigenvalue weighted by molar-refractivity contribution is -0.124. The van der Waals surface area contributed by atoms with Gasteiger partial charge >= 0.3 is 0 Å². The van der Waals surface area contributed by atoms with Gasteiger partial charge in [0, 0.05) is 28.7 Å². The van der Waals surface area contributed by atoms with Crippen molar-refractivity contribution in [2.75, 3.05) is 5.32 Å². The molecule has 0 spiro atoms. The van der Waals surface area contributed by atoms with Crippen LogP contribution >= 0.6 is 15.9 Å². The summed E-state index contributed by atoms with van der Waals surface area (Å²) in [5, 5.41) is 6.98. The van der Waals surface area contributed by atoms with Crippen molar-refractivity contribution in [1.29, 1.82) is 0 Å². The maximum absolute atomic E-state index is 11.8. The van der Waals surface area contributed by atoms with Crippen molar-refractivity contribution < 1.29 is 9.59 Å². The maximum atomic E-state index is 11.8. The number of hydrogen-bond acceptors (Lipinski definition) is 3. The first-order chi connectivity index (χ1) is 11.0. The fraction of sp³-hybridized carbons (Fsp3) is 0.471. The quantitative estimate of drug-likeness (QED) is 0.762. The molecule has 6 heteroatoms. The normalized spacial score (nSPS) is 19.4. The lowest BCUT2D eigenvalue weighted by atomic mass is 9.89. The number of hydrazone groups is 1. The highest BCUT2D eigenvalue weighted by Crippen LogP contribution is 2.20. The summed E-state index contributed by atoms with van der Waals surface area (Å²) in [4.78, 5) is 23.6. The van der Waals surface area contributed by atoms with Crippen LogP contribution in [0.2, 0.25) is 0 Å². The minimum Gasteiger partial charge on any atom is -0.326 e. The molecule has 1 aromatic rings. The Kier molecular flexibility index (Phi) is 6.77. The number of nitrogens with one attached hydrogen (secondary N) is 2. The van der Waals surface area contributed by atoms with Gasteiger partial charge in [-0.15, -0.1) is 0 Å². The Hall–Kier alpha value is -1.69. The van der Waals surface area contributed by atoms with Crippen LogP contribution in [0, 0.1) is 5.92 Å². The highest BCUT2D eigenvalue weighted by atomic mass is 79.9. The van der Waals surface area contributed by atoms with E-state index in [9.17, 15) is 9.59 Å². The van der Waals surface area contributed by atoms with Crippen molar-refractivity contribution in [2.24, 2.45) is 11.0 Å². The number of benzene rings is 1. The molecule has 0 aliphatic heterocycles. The lowest BCUT2D eigenvalue weighted by Crippen LogP contribution is -2.25. The van der Waals surface area contributed by atoms with Gasteiger partial charge in [-0.25, -0.2) is 5.43 Å². The van der Waals surface area contributed by atoms with E-state index in [2.05, 4.69) is 38.7 Å². The number of carbonyl (C=O) groups is 2. The van der Waals surface area contributed by atoms with Gasteiger partial charge in [-0.2, -0.15) is 5.10 Å². The van der Waals surface area contributed by atoms with E-state index in [4.69, 9.17) is 0 Å². The number of rotatable bonds is 5. The number of nitrogens with zero attached hydrogens (tertiary/aromatic N) is 1. The van der Waals surface area contributed by atoms with Gasteiger partial charge in [0.1, 0.15) is 0 Å². The van der Waals surface area contributed by atoms with E-state index in [1.165, 1.54) is 6.42 Å². The Bertz CT molecular complexity index is 584. The Balaban J connectivity index is 1.72. The standard InChI is InChI=1S/C17H22BrN3O2/c1-12-4-2-3-5-15(12)20-21-17(23)11-10-16(22)19-14-8-6-13(18)7-9-14/h6-9,12H,2-5,10-11H2,1H3,(H,19,22)(H,21,23). The van der Waals surface area contributed by atoms with E-state index in [-0.39, 0.29) is 24.7 Å². The molecule has 2 amide bonds. The van der Waals surface area contributed by atoms with Crippen LogP contribution in [-0.4, -0.2) is 17.5 Å². The molecule has 1 aromatic carbocycles. The molecule has 5 nitrogen and oxygen atoms in total. The third-order valence-electron chi connectivity index (χ3n) is 3.92. The zero-order valence-electron chi connectivity index (χ0n) is 13.3. The third-order valence-corrected chi connectivity index (χ3v) is 4.45. The zero-order valence-corrected chi connectivity index (χ0v) is 14.9. The van der Waals surface area contributed by atoms with E-state index < -0.39 is 0 Å². The number of hydrogen-bond donors (Lipinski definition) is 2. The lowest BCUT2D eigenvalue weighted by Gasteiger charge is -2.19. The second-order valence-corrected chi connectivity index (χ2v) is 6.76. The molecule has 1 unspecified atom stereocenters. The number of carbonyl (C=O) groups excluding carboxylic acids is 2. The van der Waals surface area contributed by atoms with Crippen molar-refractivity contribution in [3.05, 3.63) is 28.7 Å². The summed E-state index contributed by atoms with van der Waals surface area (Å²) in [5.74, 6) is 0.0344. The van der Waals surface area contributed by atoms with Gasteiger partial charge in [-0.1, -0.05) is 29.3 Å².